The van der Waals surface area contributed by atoms with E-state index < -0.39 is 0 Å². The Hall–Kier alpha value is -1.03. The van der Waals surface area contributed by atoms with E-state index in [1.807, 2.05) is 30.9 Å². The average Bonchev–Trinajstić information content (AvgIpc) is 2.46. The summed E-state index contributed by atoms with van der Waals surface area (Å²) in [7, 11) is 1.99. The van der Waals surface area contributed by atoms with E-state index in [1.54, 1.807) is 12.4 Å². The smallest absolute Gasteiger partial charge is 0.0621 e. The van der Waals surface area contributed by atoms with Crippen molar-refractivity contribution in [2.45, 2.75) is 17.4 Å². The zero-order valence-corrected chi connectivity index (χ0v) is 12.4. The Labute approximate surface area is 123 Å². The first-order valence-electron chi connectivity index (χ1n) is 6.23. The largest absolute Gasteiger partial charge is 0.316 e. The Morgan fingerprint density at radius 3 is 2.74 bits per heavy atom. The maximum Gasteiger partial charge on any atom is 0.0621 e. The molecule has 2 aromatic rings. The molecule has 1 atom stereocenters. The zero-order valence-electron chi connectivity index (χ0n) is 10.8. The Bertz CT molecular complexity index is 505. The fourth-order valence-electron chi connectivity index (χ4n) is 1.79. The van der Waals surface area contributed by atoms with Gasteiger partial charge in [0.2, 0.25) is 0 Å². The maximum absolute atomic E-state index is 6.15. The van der Waals surface area contributed by atoms with Crippen LogP contribution in [0.25, 0.3) is 0 Å². The second kappa shape index (κ2) is 7.53. The van der Waals surface area contributed by atoms with Crippen LogP contribution in [0.1, 0.15) is 5.56 Å². The van der Waals surface area contributed by atoms with E-state index in [-0.39, 0.29) is 0 Å². The van der Waals surface area contributed by atoms with Crippen LogP contribution in [0.2, 0.25) is 5.02 Å². The van der Waals surface area contributed by atoms with Gasteiger partial charge in [-0.1, -0.05) is 29.8 Å². The molecule has 2 nitrogen and oxygen atoms in total. The number of likely N-dealkylation sites (N-methyl/N-ethyl adjacent to an activating group) is 1. The molecule has 4 heteroatoms. The summed E-state index contributed by atoms with van der Waals surface area (Å²) in [5.41, 5.74) is 1.14. The molecule has 1 aromatic heterocycles. The minimum Gasteiger partial charge on any atom is -0.316 e. The second-order valence-corrected chi connectivity index (χ2v) is 5.78. The highest BCUT2D eigenvalue weighted by molar-refractivity contribution is 7.99. The lowest BCUT2D eigenvalue weighted by molar-refractivity contribution is 0.617. The summed E-state index contributed by atoms with van der Waals surface area (Å²) in [6.07, 6.45) is 4.41. The molecule has 0 aliphatic carbocycles. The molecular formula is C15H17ClN2S. The molecule has 0 aliphatic rings. The molecule has 1 aromatic carbocycles. The molecule has 0 amide bonds. The lowest BCUT2D eigenvalue weighted by Crippen LogP contribution is -2.30. The summed E-state index contributed by atoms with van der Waals surface area (Å²) >= 11 is 8.00. The maximum atomic E-state index is 6.15. The molecule has 0 saturated heterocycles. The van der Waals surface area contributed by atoms with Crippen molar-refractivity contribution in [3.63, 3.8) is 0 Å². The van der Waals surface area contributed by atoms with Crippen molar-refractivity contribution in [3.8, 4) is 0 Å². The van der Waals surface area contributed by atoms with Crippen LogP contribution in [-0.2, 0) is 6.42 Å². The number of pyridine rings is 1. The summed E-state index contributed by atoms with van der Waals surface area (Å²) in [5.74, 6) is 1.01. The van der Waals surface area contributed by atoms with Crippen molar-refractivity contribution in [1.82, 2.24) is 10.3 Å². The number of hydrogen-bond donors (Lipinski definition) is 1. The van der Waals surface area contributed by atoms with Crippen LogP contribution < -0.4 is 5.32 Å². The van der Waals surface area contributed by atoms with Crippen molar-refractivity contribution >= 4 is 23.4 Å². The molecular weight excluding hydrogens is 276 g/mol. The lowest BCUT2D eigenvalue weighted by atomic mass is 10.1. The van der Waals surface area contributed by atoms with Crippen molar-refractivity contribution in [1.29, 1.82) is 0 Å². The topological polar surface area (TPSA) is 24.9 Å². The van der Waals surface area contributed by atoms with Gasteiger partial charge in [-0.25, -0.2) is 0 Å². The highest BCUT2D eigenvalue weighted by Crippen LogP contribution is 2.21. The normalized spacial score (nSPS) is 12.3. The second-order valence-electron chi connectivity index (χ2n) is 4.28. The van der Waals surface area contributed by atoms with Crippen LogP contribution >= 0.6 is 23.4 Å². The minimum absolute atomic E-state index is 0.394. The number of thioether (sulfide) groups is 1. The van der Waals surface area contributed by atoms with E-state index in [9.17, 15) is 0 Å². The first-order chi connectivity index (χ1) is 9.29. The number of benzene rings is 1. The van der Waals surface area contributed by atoms with Crippen LogP contribution in [-0.4, -0.2) is 23.8 Å². The average molecular weight is 293 g/mol. The summed E-state index contributed by atoms with van der Waals surface area (Å²) in [4.78, 5) is 5.31. The van der Waals surface area contributed by atoms with Crippen LogP contribution in [0.3, 0.4) is 0 Å². The third-order valence-electron chi connectivity index (χ3n) is 2.93. The van der Waals surface area contributed by atoms with Crippen molar-refractivity contribution in [2.24, 2.45) is 0 Å². The van der Waals surface area contributed by atoms with Gasteiger partial charge in [-0.2, -0.15) is 0 Å². The molecule has 1 heterocycles. The molecule has 0 bridgehead atoms. The van der Waals surface area contributed by atoms with E-state index in [4.69, 9.17) is 11.6 Å². The van der Waals surface area contributed by atoms with E-state index in [0.717, 1.165) is 22.8 Å². The van der Waals surface area contributed by atoms with Gasteiger partial charge in [-0.3, -0.25) is 4.98 Å². The first-order valence-corrected chi connectivity index (χ1v) is 7.59. The van der Waals surface area contributed by atoms with Crippen LogP contribution in [0.15, 0.2) is 53.7 Å². The molecule has 0 saturated carbocycles. The van der Waals surface area contributed by atoms with Crippen LogP contribution in [0.4, 0.5) is 0 Å². The van der Waals surface area contributed by atoms with Gasteiger partial charge in [-0.15, -0.1) is 11.8 Å². The van der Waals surface area contributed by atoms with Gasteiger partial charge in [0.1, 0.15) is 0 Å². The Morgan fingerprint density at radius 2 is 2.05 bits per heavy atom. The monoisotopic (exact) mass is 292 g/mol. The molecule has 0 radical (unpaired) electrons. The van der Waals surface area contributed by atoms with Gasteiger partial charge in [-0.05, 0) is 37.2 Å². The number of halogens is 1. The van der Waals surface area contributed by atoms with Gasteiger partial charge in [0.25, 0.3) is 0 Å². The Balaban J connectivity index is 1.92. The van der Waals surface area contributed by atoms with E-state index in [2.05, 4.69) is 34.6 Å². The Kier molecular flexibility index (Phi) is 5.70. The standard InChI is InChI=1S/C15H17ClN2S/c1-17-13(9-12-7-8-18-10-15(12)16)11-19-14-5-3-2-4-6-14/h2-8,10,13,17H,9,11H2,1H3. The molecule has 0 aliphatic heterocycles. The zero-order chi connectivity index (χ0) is 13.5. The van der Waals surface area contributed by atoms with Crippen LogP contribution in [0.5, 0.6) is 0 Å². The van der Waals surface area contributed by atoms with Gasteiger partial charge < -0.3 is 5.32 Å². The van der Waals surface area contributed by atoms with E-state index >= 15 is 0 Å². The fraction of sp³-hybridized carbons (Fsp3) is 0.267. The van der Waals surface area contributed by atoms with Gasteiger partial charge in [0, 0.05) is 29.1 Å². The number of hydrogen-bond acceptors (Lipinski definition) is 3. The molecule has 1 N–H and O–H groups in total. The molecule has 100 valence electrons. The van der Waals surface area contributed by atoms with E-state index in [0.29, 0.717) is 6.04 Å². The fourth-order valence-corrected chi connectivity index (χ4v) is 3.02. The SMILES string of the molecule is CNC(CSc1ccccc1)Cc1ccncc1Cl. The van der Waals surface area contributed by atoms with Gasteiger partial charge in [0.15, 0.2) is 0 Å². The number of aromatic nitrogens is 1. The summed E-state index contributed by atoms with van der Waals surface area (Å²) in [5, 5.41) is 4.09. The summed E-state index contributed by atoms with van der Waals surface area (Å²) in [6, 6.07) is 12.8. The molecule has 0 spiro atoms. The lowest BCUT2D eigenvalue weighted by Gasteiger charge is -2.16. The highest BCUT2D eigenvalue weighted by Gasteiger charge is 2.10. The number of rotatable bonds is 6. The van der Waals surface area contributed by atoms with Crippen molar-refractivity contribution < 1.29 is 0 Å². The Morgan fingerprint density at radius 1 is 1.26 bits per heavy atom. The van der Waals surface area contributed by atoms with Crippen LogP contribution in [0, 0.1) is 0 Å². The number of nitrogens with one attached hydrogen (secondary N) is 1. The van der Waals surface area contributed by atoms with Crippen molar-refractivity contribution in [3.05, 3.63) is 59.4 Å². The predicted molar refractivity (Wildman–Crippen MR) is 83.0 cm³/mol. The molecule has 1 unspecified atom stereocenters. The summed E-state index contributed by atoms with van der Waals surface area (Å²) in [6.45, 7) is 0. The van der Waals surface area contributed by atoms with Gasteiger partial charge >= 0.3 is 0 Å². The third-order valence-corrected chi connectivity index (χ3v) is 4.44. The van der Waals surface area contributed by atoms with Crippen molar-refractivity contribution in [2.75, 3.05) is 12.8 Å². The quantitative estimate of drug-likeness (QED) is 0.823. The molecule has 0 fully saturated rings. The minimum atomic E-state index is 0.394. The highest BCUT2D eigenvalue weighted by atomic mass is 35.5. The predicted octanol–water partition coefficient (Wildman–Crippen LogP) is 3.66. The molecule has 19 heavy (non-hydrogen) atoms. The molecule has 2 rings (SSSR count). The summed E-state index contributed by atoms with van der Waals surface area (Å²) < 4.78 is 0. The number of nitrogens with zero attached hydrogens (tertiary/aromatic N) is 1. The van der Waals surface area contributed by atoms with E-state index in [1.165, 1.54) is 4.90 Å². The van der Waals surface area contributed by atoms with Gasteiger partial charge in [0.05, 0.1) is 5.02 Å². The first kappa shape index (κ1) is 14.4. The third kappa shape index (κ3) is 4.53.